The van der Waals surface area contributed by atoms with Gasteiger partial charge in [0.05, 0.1) is 4.92 Å². The maximum absolute atomic E-state index is 14.5. The molecule has 34 heavy (non-hydrogen) atoms. The van der Waals surface area contributed by atoms with Crippen LogP contribution in [-0.4, -0.2) is 10.0 Å². The van der Waals surface area contributed by atoms with Gasteiger partial charge in [-0.05, 0) is 54.1 Å². The molecule has 4 aromatic rings. The molecule has 0 saturated carbocycles. The summed E-state index contributed by atoms with van der Waals surface area (Å²) in [5.41, 5.74) is 0.422. The molecule has 4 aromatic carbocycles. The van der Waals surface area contributed by atoms with Crippen molar-refractivity contribution in [2.45, 2.75) is 5.78 Å². The first-order valence-electron chi connectivity index (χ1n) is 10.3. The number of phenols is 1. The van der Waals surface area contributed by atoms with Crippen LogP contribution >= 0.6 is 7.60 Å². The monoisotopic (exact) mass is 476 g/mol. The van der Waals surface area contributed by atoms with Crippen molar-refractivity contribution in [1.82, 2.24) is 0 Å². The maximum Gasteiger partial charge on any atom is 0.457 e. The molecule has 4 rings (SSSR count). The Kier molecular flexibility index (Phi) is 6.80. The van der Waals surface area contributed by atoms with Gasteiger partial charge in [-0.2, -0.15) is 0 Å². The number of aromatic hydroxyl groups is 1. The maximum atomic E-state index is 14.5. The van der Waals surface area contributed by atoms with E-state index in [9.17, 15) is 19.8 Å². The molecule has 1 atom stereocenters. The van der Waals surface area contributed by atoms with Gasteiger partial charge in [0.1, 0.15) is 11.5 Å². The summed E-state index contributed by atoms with van der Waals surface area (Å²) >= 11 is 0. The van der Waals surface area contributed by atoms with E-state index < -0.39 is 29.7 Å². The Labute approximate surface area is 196 Å². The molecule has 172 valence electrons. The average molecular weight is 476 g/mol. The first-order valence-corrected chi connectivity index (χ1v) is 11.9. The minimum Gasteiger partial charge on any atom is -0.502 e. The highest BCUT2D eigenvalue weighted by atomic mass is 31.2. The Morgan fingerprint density at radius 3 is 1.76 bits per heavy atom. The minimum absolute atomic E-state index is 0.280. The lowest BCUT2D eigenvalue weighted by Crippen LogP contribution is -2.18. The highest BCUT2D eigenvalue weighted by molar-refractivity contribution is 7.55. The van der Waals surface area contributed by atoms with Gasteiger partial charge in [0.25, 0.3) is 0 Å². The van der Waals surface area contributed by atoms with Gasteiger partial charge >= 0.3 is 13.3 Å². The number of anilines is 1. The van der Waals surface area contributed by atoms with Crippen LogP contribution in [0.25, 0.3) is 0 Å². The minimum atomic E-state index is -4.11. The van der Waals surface area contributed by atoms with Crippen LogP contribution in [0.5, 0.6) is 17.2 Å². The Balaban J connectivity index is 1.83. The summed E-state index contributed by atoms with van der Waals surface area (Å²) in [4.78, 5) is 10.5. The molecule has 0 aliphatic rings. The Bertz CT molecular complexity index is 1260. The summed E-state index contributed by atoms with van der Waals surface area (Å²) in [6.07, 6.45) is 0. The number of nitro benzene ring substituents is 1. The molecule has 0 aromatic heterocycles. The van der Waals surface area contributed by atoms with Crippen molar-refractivity contribution >= 4 is 19.0 Å². The van der Waals surface area contributed by atoms with Crippen molar-refractivity contribution in [3.63, 3.8) is 0 Å². The second-order valence-corrected chi connectivity index (χ2v) is 9.23. The quantitative estimate of drug-likeness (QED) is 0.156. The van der Waals surface area contributed by atoms with Gasteiger partial charge < -0.3 is 19.5 Å². The summed E-state index contributed by atoms with van der Waals surface area (Å²) in [5, 5.41) is 24.6. The number of hydrogen-bond donors (Lipinski definition) is 2. The lowest BCUT2D eigenvalue weighted by molar-refractivity contribution is -0.385. The van der Waals surface area contributed by atoms with Crippen molar-refractivity contribution in [3.05, 3.63) is 125 Å². The molecule has 1 unspecified atom stereocenters. The summed E-state index contributed by atoms with van der Waals surface area (Å²) in [7, 11) is -4.11. The van der Waals surface area contributed by atoms with Gasteiger partial charge in [0.2, 0.25) is 0 Å². The van der Waals surface area contributed by atoms with Crippen LogP contribution in [0.1, 0.15) is 11.3 Å². The molecule has 0 heterocycles. The number of para-hydroxylation sites is 3. The van der Waals surface area contributed by atoms with Crippen LogP contribution in [0.2, 0.25) is 0 Å². The van der Waals surface area contributed by atoms with E-state index in [0.717, 1.165) is 6.07 Å². The van der Waals surface area contributed by atoms with Crippen LogP contribution < -0.4 is 14.4 Å². The topological polar surface area (TPSA) is 111 Å². The summed E-state index contributed by atoms with van der Waals surface area (Å²) < 4.78 is 26.4. The second kappa shape index (κ2) is 10.1. The molecule has 0 aliphatic heterocycles. The van der Waals surface area contributed by atoms with Gasteiger partial charge in [-0.3, -0.25) is 10.1 Å². The molecule has 0 amide bonds. The van der Waals surface area contributed by atoms with Gasteiger partial charge in [-0.25, -0.2) is 4.57 Å². The fraction of sp³-hybridized carbons (Fsp3) is 0.0400. The van der Waals surface area contributed by atoms with E-state index in [1.807, 2.05) is 6.07 Å². The molecular formula is C25H21N2O6P. The zero-order valence-electron chi connectivity index (χ0n) is 17.9. The molecule has 0 spiro atoms. The highest BCUT2D eigenvalue weighted by Crippen LogP contribution is 2.60. The smallest absolute Gasteiger partial charge is 0.457 e. The third-order valence-electron chi connectivity index (χ3n) is 4.86. The molecule has 0 bridgehead atoms. The lowest BCUT2D eigenvalue weighted by atomic mass is 10.2. The number of nitrogens with one attached hydrogen (secondary N) is 1. The molecule has 0 radical (unpaired) electrons. The lowest BCUT2D eigenvalue weighted by Gasteiger charge is -2.29. The van der Waals surface area contributed by atoms with Crippen LogP contribution in [0.3, 0.4) is 0 Å². The number of phenolic OH excluding ortho intramolecular Hbond substituents is 1. The van der Waals surface area contributed by atoms with Gasteiger partial charge in [-0.1, -0.05) is 54.6 Å². The average Bonchev–Trinajstić information content (AvgIpc) is 2.84. The SMILES string of the molecule is O=[N+]([O-])c1ccc(C(Nc2ccccc2)P(=O)(Oc2ccccc2)Oc2ccccc2)cc1O. The fourth-order valence-electron chi connectivity index (χ4n) is 3.28. The predicted octanol–water partition coefficient (Wildman–Crippen LogP) is 6.76. The van der Waals surface area contributed by atoms with Gasteiger partial charge in [0, 0.05) is 11.8 Å². The van der Waals surface area contributed by atoms with Crippen molar-refractivity contribution in [2.24, 2.45) is 0 Å². The molecule has 0 saturated heterocycles. The zero-order valence-corrected chi connectivity index (χ0v) is 18.7. The summed E-state index contributed by atoms with van der Waals surface area (Å²) in [6, 6.07) is 29.8. The summed E-state index contributed by atoms with van der Waals surface area (Å²) in [6.45, 7) is 0. The number of hydrogen-bond acceptors (Lipinski definition) is 7. The van der Waals surface area contributed by atoms with Crippen molar-refractivity contribution in [2.75, 3.05) is 5.32 Å². The molecular weight excluding hydrogens is 455 g/mol. The number of nitro groups is 1. The van der Waals surface area contributed by atoms with Crippen LogP contribution in [0, 0.1) is 10.1 Å². The third-order valence-corrected chi connectivity index (χ3v) is 6.85. The largest absolute Gasteiger partial charge is 0.502 e. The molecule has 2 N–H and O–H groups in total. The Morgan fingerprint density at radius 2 is 1.29 bits per heavy atom. The Morgan fingerprint density at radius 1 is 0.794 bits per heavy atom. The molecule has 0 aliphatic carbocycles. The standard InChI is InChI=1S/C25H21N2O6P/c28-24-18-19(16-17-23(24)27(29)30)25(26-20-10-4-1-5-11-20)34(31,32-21-12-6-2-7-13-21)33-22-14-8-3-9-15-22/h1-18,25-26,28H. The first kappa shape index (κ1) is 22.9. The zero-order chi connectivity index (χ0) is 24.0. The fourth-order valence-corrected chi connectivity index (χ4v) is 5.19. The van der Waals surface area contributed by atoms with E-state index >= 15 is 0 Å². The Hall–Kier alpha value is -4.29. The van der Waals surface area contributed by atoms with Gasteiger partial charge in [0.15, 0.2) is 11.5 Å². The normalized spacial score (nSPS) is 11.9. The summed E-state index contributed by atoms with van der Waals surface area (Å²) in [5.74, 6) is -1.06. The van der Waals surface area contributed by atoms with E-state index in [4.69, 9.17) is 9.05 Å². The number of rotatable bonds is 9. The first-order chi connectivity index (χ1) is 16.4. The number of nitrogens with zero attached hydrogens (tertiary/aromatic N) is 1. The van der Waals surface area contributed by atoms with Crippen molar-refractivity contribution < 1.29 is 23.6 Å². The highest BCUT2D eigenvalue weighted by Gasteiger charge is 2.41. The van der Waals surface area contributed by atoms with E-state index in [1.165, 1.54) is 12.1 Å². The van der Waals surface area contributed by atoms with E-state index in [-0.39, 0.29) is 5.56 Å². The van der Waals surface area contributed by atoms with Gasteiger partial charge in [-0.15, -0.1) is 0 Å². The van der Waals surface area contributed by atoms with Crippen LogP contribution in [-0.2, 0) is 4.57 Å². The number of benzene rings is 4. The predicted molar refractivity (Wildman–Crippen MR) is 129 cm³/mol. The second-order valence-electron chi connectivity index (χ2n) is 7.27. The van der Waals surface area contributed by atoms with Crippen LogP contribution in [0.4, 0.5) is 11.4 Å². The third kappa shape index (κ3) is 5.36. The van der Waals surface area contributed by atoms with E-state index in [1.54, 1.807) is 84.9 Å². The van der Waals surface area contributed by atoms with E-state index in [2.05, 4.69) is 5.32 Å². The van der Waals surface area contributed by atoms with Crippen molar-refractivity contribution in [1.29, 1.82) is 0 Å². The molecule has 9 heteroatoms. The molecule has 0 fully saturated rings. The molecule has 8 nitrogen and oxygen atoms in total. The van der Waals surface area contributed by atoms with Crippen LogP contribution in [0.15, 0.2) is 109 Å². The van der Waals surface area contributed by atoms with Crippen molar-refractivity contribution in [3.8, 4) is 17.2 Å². The van der Waals surface area contributed by atoms with E-state index in [0.29, 0.717) is 17.2 Å².